The Balaban J connectivity index is 2.68. The van der Waals surface area contributed by atoms with Crippen molar-refractivity contribution in [3.63, 3.8) is 0 Å². The van der Waals surface area contributed by atoms with E-state index >= 15 is 0 Å². The van der Waals surface area contributed by atoms with Crippen molar-refractivity contribution < 1.29 is 13.2 Å². The Morgan fingerprint density at radius 1 is 1.11 bits per heavy atom. The molecule has 2 N–H and O–H groups in total. The molecule has 0 saturated heterocycles. The zero-order chi connectivity index (χ0) is 14.0. The summed E-state index contributed by atoms with van der Waals surface area (Å²) in [7, 11) is 0. The number of alkyl halides is 3. The molecule has 18 heavy (non-hydrogen) atoms. The summed E-state index contributed by atoms with van der Waals surface area (Å²) in [6.07, 6.45) is -4.29. The normalized spacial score (nSPS) is 14.6. The van der Waals surface area contributed by atoms with Gasteiger partial charge in [0.1, 0.15) is 0 Å². The van der Waals surface area contributed by atoms with Crippen LogP contribution in [0.15, 0.2) is 24.3 Å². The third kappa shape index (κ3) is 4.90. The van der Waals surface area contributed by atoms with Crippen LogP contribution in [0.2, 0.25) is 0 Å². The average Bonchev–Trinajstić information content (AvgIpc) is 2.24. The number of benzene rings is 1. The monoisotopic (exact) mass is 277 g/mol. The first-order valence-corrected chi connectivity index (χ1v) is 6.65. The Hall–Kier alpha value is -0.680. The number of hydrogen-bond donors (Lipinski definition) is 1. The van der Waals surface area contributed by atoms with Gasteiger partial charge in [-0.3, -0.25) is 0 Å². The lowest BCUT2D eigenvalue weighted by atomic mass is 10.1. The SMILES string of the molecule is CC(C)(C)SCC(N)c1ccc(C(F)(F)F)cc1. The lowest BCUT2D eigenvalue weighted by Crippen LogP contribution is -2.18. The van der Waals surface area contributed by atoms with Gasteiger partial charge in [0.15, 0.2) is 0 Å². The topological polar surface area (TPSA) is 26.0 Å². The molecule has 1 atom stereocenters. The molecule has 1 unspecified atom stereocenters. The summed E-state index contributed by atoms with van der Waals surface area (Å²) in [5.41, 5.74) is 6.06. The lowest BCUT2D eigenvalue weighted by Gasteiger charge is -2.21. The second kappa shape index (κ2) is 5.53. The molecule has 5 heteroatoms. The van der Waals surface area contributed by atoms with Gasteiger partial charge in [0.2, 0.25) is 0 Å². The molecule has 0 aliphatic heterocycles. The highest BCUT2D eigenvalue weighted by atomic mass is 32.2. The van der Waals surface area contributed by atoms with Crippen molar-refractivity contribution in [1.82, 2.24) is 0 Å². The van der Waals surface area contributed by atoms with E-state index in [1.54, 1.807) is 11.8 Å². The first-order chi connectivity index (χ1) is 8.09. The van der Waals surface area contributed by atoms with E-state index in [9.17, 15) is 13.2 Å². The fourth-order valence-corrected chi connectivity index (χ4v) is 2.23. The highest BCUT2D eigenvalue weighted by Crippen LogP contribution is 2.31. The van der Waals surface area contributed by atoms with Crippen molar-refractivity contribution in [2.45, 2.75) is 37.7 Å². The molecule has 1 aromatic rings. The zero-order valence-corrected chi connectivity index (χ0v) is 11.5. The molecule has 1 aromatic carbocycles. The number of hydrogen-bond acceptors (Lipinski definition) is 2. The Bertz CT molecular complexity index is 379. The van der Waals surface area contributed by atoms with E-state index < -0.39 is 11.7 Å². The maximum Gasteiger partial charge on any atom is 0.416 e. The predicted molar refractivity (Wildman–Crippen MR) is 70.6 cm³/mol. The maximum absolute atomic E-state index is 12.4. The molecule has 1 rings (SSSR count). The van der Waals surface area contributed by atoms with Gasteiger partial charge in [-0.25, -0.2) is 0 Å². The molecule has 0 heterocycles. The highest BCUT2D eigenvalue weighted by molar-refractivity contribution is 8.00. The Morgan fingerprint density at radius 3 is 2.00 bits per heavy atom. The predicted octanol–water partition coefficient (Wildman–Crippen LogP) is 4.24. The van der Waals surface area contributed by atoms with Gasteiger partial charge in [0.25, 0.3) is 0 Å². The Kier molecular flexibility index (Phi) is 4.72. The summed E-state index contributed by atoms with van der Waals surface area (Å²) >= 11 is 1.70. The third-order valence-corrected chi connectivity index (χ3v) is 3.75. The van der Waals surface area contributed by atoms with Crippen LogP contribution in [0.3, 0.4) is 0 Å². The quantitative estimate of drug-likeness (QED) is 0.894. The number of nitrogens with two attached hydrogens (primary N) is 1. The van der Waals surface area contributed by atoms with Crippen molar-refractivity contribution in [3.8, 4) is 0 Å². The molecule has 0 amide bonds. The fourth-order valence-electron chi connectivity index (χ4n) is 1.36. The van der Waals surface area contributed by atoms with Crippen LogP contribution in [-0.4, -0.2) is 10.5 Å². The lowest BCUT2D eigenvalue weighted by molar-refractivity contribution is -0.137. The van der Waals surface area contributed by atoms with Crippen molar-refractivity contribution in [3.05, 3.63) is 35.4 Å². The zero-order valence-electron chi connectivity index (χ0n) is 10.7. The molecular formula is C13H18F3NS. The summed E-state index contributed by atoms with van der Waals surface area (Å²) in [6, 6.07) is 4.83. The number of rotatable bonds is 3. The molecule has 0 aliphatic rings. The van der Waals surface area contributed by atoms with Crippen LogP contribution in [0, 0.1) is 0 Å². The molecule has 1 nitrogen and oxygen atoms in total. The van der Waals surface area contributed by atoms with E-state index in [0.29, 0.717) is 5.75 Å². The van der Waals surface area contributed by atoms with Crippen molar-refractivity contribution in [2.24, 2.45) is 5.73 Å². The van der Waals surface area contributed by atoms with Crippen LogP contribution in [0.5, 0.6) is 0 Å². The van der Waals surface area contributed by atoms with E-state index in [4.69, 9.17) is 5.73 Å². The Labute approximate surface area is 110 Å². The van der Waals surface area contributed by atoms with Crippen molar-refractivity contribution in [1.29, 1.82) is 0 Å². The summed E-state index contributed by atoms with van der Waals surface area (Å²) in [4.78, 5) is 0. The van der Waals surface area contributed by atoms with Gasteiger partial charge in [-0.15, -0.1) is 0 Å². The van der Waals surface area contributed by atoms with E-state index in [1.807, 2.05) is 0 Å². The first kappa shape index (κ1) is 15.4. The molecular weight excluding hydrogens is 259 g/mol. The summed E-state index contributed by atoms with van der Waals surface area (Å²) in [5, 5.41) is 0. The second-order valence-electron chi connectivity index (χ2n) is 5.15. The summed E-state index contributed by atoms with van der Waals surface area (Å²) in [6.45, 7) is 6.24. The minimum Gasteiger partial charge on any atom is -0.323 e. The van der Waals surface area contributed by atoms with Crippen LogP contribution in [0.25, 0.3) is 0 Å². The highest BCUT2D eigenvalue weighted by Gasteiger charge is 2.30. The minimum atomic E-state index is -4.29. The molecule has 102 valence electrons. The van der Waals surface area contributed by atoms with Gasteiger partial charge < -0.3 is 5.73 Å². The van der Waals surface area contributed by atoms with Crippen LogP contribution < -0.4 is 5.73 Å². The van der Waals surface area contributed by atoms with Crippen LogP contribution >= 0.6 is 11.8 Å². The van der Waals surface area contributed by atoms with Crippen LogP contribution in [0.1, 0.15) is 37.9 Å². The van der Waals surface area contributed by atoms with Gasteiger partial charge in [-0.2, -0.15) is 24.9 Å². The number of thioether (sulfide) groups is 1. The van der Waals surface area contributed by atoms with Crippen LogP contribution in [0.4, 0.5) is 13.2 Å². The molecule has 0 saturated carbocycles. The molecule has 0 aromatic heterocycles. The summed E-state index contributed by atoms with van der Waals surface area (Å²) in [5.74, 6) is 0.689. The third-order valence-electron chi connectivity index (χ3n) is 2.36. The molecule has 0 radical (unpaired) electrons. The molecule has 0 spiro atoms. The Morgan fingerprint density at radius 2 is 1.61 bits per heavy atom. The van der Waals surface area contributed by atoms with Crippen LogP contribution in [-0.2, 0) is 6.18 Å². The molecule has 0 fully saturated rings. The standard InChI is InChI=1S/C13H18F3NS/c1-12(2,3)18-8-11(17)9-4-6-10(7-5-9)13(14,15)16/h4-7,11H,8,17H2,1-3H3. The smallest absolute Gasteiger partial charge is 0.323 e. The second-order valence-corrected chi connectivity index (χ2v) is 7.00. The van der Waals surface area contributed by atoms with Crippen molar-refractivity contribution in [2.75, 3.05) is 5.75 Å². The van der Waals surface area contributed by atoms with E-state index in [1.165, 1.54) is 12.1 Å². The van der Waals surface area contributed by atoms with E-state index in [-0.39, 0.29) is 10.8 Å². The molecule has 0 bridgehead atoms. The van der Waals surface area contributed by atoms with E-state index in [2.05, 4.69) is 20.8 Å². The minimum absolute atomic E-state index is 0.101. The summed E-state index contributed by atoms with van der Waals surface area (Å²) < 4.78 is 37.3. The van der Waals surface area contributed by atoms with Gasteiger partial charge in [0.05, 0.1) is 5.56 Å². The maximum atomic E-state index is 12.4. The van der Waals surface area contributed by atoms with Gasteiger partial charge >= 0.3 is 6.18 Å². The van der Waals surface area contributed by atoms with Gasteiger partial charge in [-0.1, -0.05) is 32.9 Å². The largest absolute Gasteiger partial charge is 0.416 e. The first-order valence-electron chi connectivity index (χ1n) is 5.66. The number of halogens is 3. The fraction of sp³-hybridized carbons (Fsp3) is 0.538. The molecule has 0 aliphatic carbocycles. The van der Waals surface area contributed by atoms with E-state index in [0.717, 1.165) is 17.7 Å². The van der Waals surface area contributed by atoms with Crippen molar-refractivity contribution >= 4 is 11.8 Å². The average molecular weight is 277 g/mol. The van der Waals surface area contributed by atoms with Gasteiger partial charge in [-0.05, 0) is 17.7 Å². The van der Waals surface area contributed by atoms with Gasteiger partial charge in [0, 0.05) is 16.5 Å².